The molecule has 1 aliphatic rings. The molecule has 4 rings (SSSR count). The van der Waals surface area contributed by atoms with E-state index in [1.807, 2.05) is 25.1 Å². The van der Waals surface area contributed by atoms with Crippen molar-refractivity contribution in [3.05, 3.63) is 87.9 Å². The molecule has 0 bridgehead atoms. The van der Waals surface area contributed by atoms with Crippen LogP contribution in [0.4, 0.5) is 0 Å². The molecule has 8 nitrogen and oxygen atoms in total. The van der Waals surface area contributed by atoms with Gasteiger partial charge >= 0.3 is 0 Å². The third-order valence-electron chi connectivity index (χ3n) is 6.29. The molecule has 38 heavy (non-hydrogen) atoms. The van der Waals surface area contributed by atoms with Crippen LogP contribution in [-0.4, -0.2) is 49.6 Å². The van der Waals surface area contributed by atoms with Crippen LogP contribution in [0.25, 0.3) is 5.76 Å². The van der Waals surface area contributed by atoms with E-state index >= 15 is 0 Å². The SMILES string of the molecule is CCOc1cccc(C2/C(=C(\O)c3cc(Cl)c(OC)cc3OC)C(=O)C(=O)N2Cc2ccccc2OC)c1. The van der Waals surface area contributed by atoms with E-state index in [1.54, 1.807) is 30.3 Å². The van der Waals surface area contributed by atoms with Crippen molar-refractivity contribution >= 4 is 29.1 Å². The third kappa shape index (κ3) is 4.99. The van der Waals surface area contributed by atoms with Crippen LogP contribution < -0.4 is 18.9 Å². The molecule has 198 valence electrons. The first-order chi connectivity index (χ1) is 18.3. The van der Waals surface area contributed by atoms with Gasteiger partial charge in [0.15, 0.2) is 0 Å². The van der Waals surface area contributed by atoms with E-state index in [9.17, 15) is 14.7 Å². The molecular formula is C29H28ClNO7. The number of aliphatic hydroxyl groups is 1. The van der Waals surface area contributed by atoms with Crippen molar-refractivity contribution in [2.75, 3.05) is 27.9 Å². The highest BCUT2D eigenvalue weighted by atomic mass is 35.5. The van der Waals surface area contributed by atoms with Gasteiger partial charge in [-0.1, -0.05) is 41.9 Å². The Morgan fingerprint density at radius 3 is 2.32 bits per heavy atom. The summed E-state index contributed by atoms with van der Waals surface area (Å²) >= 11 is 6.35. The molecular weight excluding hydrogens is 510 g/mol. The smallest absolute Gasteiger partial charge is 0.295 e. The van der Waals surface area contributed by atoms with Crippen molar-refractivity contribution in [3.8, 4) is 23.0 Å². The minimum absolute atomic E-state index is 0.0649. The second-order valence-electron chi connectivity index (χ2n) is 8.43. The number of nitrogens with zero attached hydrogens (tertiary/aromatic N) is 1. The van der Waals surface area contributed by atoms with Gasteiger partial charge in [-0.3, -0.25) is 9.59 Å². The zero-order valence-electron chi connectivity index (χ0n) is 21.5. The minimum atomic E-state index is -0.925. The first kappa shape index (κ1) is 26.9. The maximum absolute atomic E-state index is 13.5. The van der Waals surface area contributed by atoms with Gasteiger partial charge in [-0.25, -0.2) is 0 Å². The highest BCUT2D eigenvalue weighted by Gasteiger charge is 2.46. The van der Waals surface area contributed by atoms with Gasteiger partial charge < -0.3 is 29.0 Å². The number of rotatable bonds is 9. The third-order valence-corrected chi connectivity index (χ3v) is 6.58. The van der Waals surface area contributed by atoms with E-state index in [-0.39, 0.29) is 28.5 Å². The first-order valence-corrected chi connectivity index (χ1v) is 12.3. The van der Waals surface area contributed by atoms with E-state index < -0.39 is 23.5 Å². The summed E-state index contributed by atoms with van der Waals surface area (Å²) in [6.45, 7) is 2.36. The molecule has 0 saturated carbocycles. The average Bonchev–Trinajstić information content (AvgIpc) is 3.18. The lowest BCUT2D eigenvalue weighted by Gasteiger charge is -2.26. The molecule has 3 aromatic carbocycles. The minimum Gasteiger partial charge on any atom is -0.507 e. The van der Waals surface area contributed by atoms with E-state index in [1.165, 1.54) is 38.4 Å². The summed E-state index contributed by atoms with van der Waals surface area (Å²) in [6, 6.07) is 16.3. The maximum Gasteiger partial charge on any atom is 0.295 e. The van der Waals surface area contributed by atoms with Gasteiger partial charge in [0.25, 0.3) is 11.7 Å². The second kappa shape index (κ2) is 11.5. The number of methoxy groups -OCH3 is 3. The number of hydrogen-bond donors (Lipinski definition) is 1. The van der Waals surface area contributed by atoms with Gasteiger partial charge in [0.05, 0.1) is 56.7 Å². The van der Waals surface area contributed by atoms with Gasteiger partial charge in [-0.15, -0.1) is 0 Å². The van der Waals surface area contributed by atoms with Crippen LogP contribution in [0.2, 0.25) is 5.02 Å². The average molecular weight is 538 g/mol. The zero-order chi connectivity index (χ0) is 27.4. The normalized spacial score (nSPS) is 16.4. The molecule has 1 atom stereocenters. The predicted octanol–water partition coefficient (Wildman–Crippen LogP) is 5.39. The van der Waals surface area contributed by atoms with Crippen LogP contribution in [-0.2, 0) is 16.1 Å². The summed E-state index contributed by atoms with van der Waals surface area (Å²) in [4.78, 5) is 28.4. The number of halogens is 1. The molecule has 1 amide bonds. The van der Waals surface area contributed by atoms with Crippen molar-refractivity contribution < 1.29 is 33.6 Å². The molecule has 0 spiro atoms. The Morgan fingerprint density at radius 1 is 0.921 bits per heavy atom. The fourth-order valence-corrected chi connectivity index (χ4v) is 4.78. The van der Waals surface area contributed by atoms with Gasteiger partial charge in [0.2, 0.25) is 0 Å². The molecule has 0 aromatic heterocycles. The quantitative estimate of drug-likeness (QED) is 0.222. The van der Waals surface area contributed by atoms with Gasteiger partial charge in [0, 0.05) is 11.6 Å². The number of aliphatic hydroxyl groups excluding tert-OH is 1. The number of ketones is 1. The lowest BCUT2D eigenvalue weighted by Crippen LogP contribution is -2.29. The fraction of sp³-hybridized carbons (Fsp3) is 0.241. The van der Waals surface area contributed by atoms with Crippen LogP contribution in [0.1, 0.15) is 29.7 Å². The highest BCUT2D eigenvalue weighted by Crippen LogP contribution is 2.44. The summed E-state index contributed by atoms with van der Waals surface area (Å²) in [5.74, 6) is -0.322. The molecule has 1 N–H and O–H groups in total. The van der Waals surface area contributed by atoms with Crippen molar-refractivity contribution in [1.29, 1.82) is 0 Å². The Hall–Kier alpha value is -4.17. The van der Waals surface area contributed by atoms with Crippen molar-refractivity contribution in [2.45, 2.75) is 19.5 Å². The second-order valence-corrected chi connectivity index (χ2v) is 8.84. The summed E-state index contributed by atoms with van der Waals surface area (Å²) in [7, 11) is 4.41. The number of hydrogen-bond acceptors (Lipinski definition) is 7. The lowest BCUT2D eigenvalue weighted by atomic mass is 9.94. The molecule has 1 heterocycles. The standard InChI is InChI=1S/C29H28ClNO7/c1-5-38-19-11-8-10-17(13-19)26-25(27(32)20-14-21(30)24(37-4)15-23(20)36-3)28(33)29(34)31(26)16-18-9-6-7-12-22(18)35-2/h6-15,26,32H,5,16H2,1-4H3/b27-25+. The van der Waals surface area contributed by atoms with Crippen molar-refractivity contribution in [2.24, 2.45) is 0 Å². The Labute approximate surface area is 225 Å². The van der Waals surface area contributed by atoms with E-state index in [4.69, 9.17) is 30.5 Å². The van der Waals surface area contributed by atoms with Crippen LogP contribution in [0, 0.1) is 0 Å². The number of Topliss-reactive ketones (excluding diaryl/α,β-unsaturated/α-hetero) is 1. The summed E-state index contributed by atoms with van der Waals surface area (Å²) in [5, 5.41) is 11.7. The van der Waals surface area contributed by atoms with Crippen molar-refractivity contribution in [1.82, 2.24) is 4.90 Å². The summed E-state index contributed by atoms with van der Waals surface area (Å²) in [6.07, 6.45) is 0. The molecule has 9 heteroatoms. The molecule has 1 fully saturated rings. The van der Waals surface area contributed by atoms with Crippen LogP contribution in [0.3, 0.4) is 0 Å². The maximum atomic E-state index is 13.5. The number of carbonyl (C=O) groups is 2. The number of benzene rings is 3. The Bertz CT molecular complexity index is 1400. The number of ether oxygens (including phenoxy) is 4. The number of likely N-dealkylation sites (tertiary alicyclic amines) is 1. The Balaban J connectivity index is 1.93. The first-order valence-electron chi connectivity index (χ1n) is 11.9. The zero-order valence-corrected chi connectivity index (χ0v) is 22.2. The Kier molecular flexibility index (Phi) is 8.12. The fourth-order valence-electron chi connectivity index (χ4n) is 4.54. The number of amides is 1. The van der Waals surface area contributed by atoms with Crippen LogP contribution in [0.5, 0.6) is 23.0 Å². The van der Waals surface area contributed by atoms with Gasteiger partial charge in [0.1, 0.15) is 28.8 Å². The molecule has 0 radical (unpaired) electrons. The van der Waals surface area contributed by atoms with E-state index in [0.29, 0.717) is 35.0 Å². The van der Waals surface area contributed by atoms with Crippen LogP contribution >= 0.6 is 11.6 Å². The highest BCUT2D eigenvalue weighted by molar-refractivity contribution is 6.46. The molecule has 3 aromatic rings. The van der Waals surface area contributed by atoms with E-state index in [0.717, 1.165) is 0 Å². The molecule has 1 unspecified atom stereocenters. The number of para-hydroxylation sites is 1. The largest absolute Gasteiger partial charge is 0.507 e. The van der Waals surface area contributed by atoms with Gasteiger partial charge in [-0.2, -0.15) is 0 Å². The number of carbonyl (C=O) groups excluding carboxylic acids is 2. The van der Waals surface area contributed by atoms with Crippen molar-refractivity contribution in [3.63, 3.8) is 0 Å². The monoisotopic (exact) mass is 537 g/mol. The summed E-state index contributed by atoms with van der Waals surface area (Å²) < 4.78 is 21.8. The van der Waals surface area contributed by atoms with Gasteiger partial charge in [-0.05, 0) is 36.8 Å². The van der Waals surface area contributed by atoms with Crippen LogP contribution in [0.15, 0.2) is 66.2 Å². The molecule has 0 aliphatic carbocycles. The van der Waals surface area contributed by atoms with E-state index in [2.05, 4.69) is 0 Å². The predicted molar refractivity (Wildman–Crippen MR) is 143 cm³/mol. The Morgan fingerprint density at radius 2 is 1.63 bits per heavy atom. The molecule has 1 aliphatic heterocycles. The topological polar surface area (TPSA) is 94.5 Å². The summed E-state index contributed by atoms with van der Waals surface area (Å²) in [5.41, 5.74) is 1.34. The molecule has 1 saturated heterocycles. The lowest BCUT2D eigenvalue weighted by molar-refractivity contribution is -0.140.